The smallest absolute Gasteiger partial charge is 0.223 e. The highest BCUT2D eigenvalue weighted by molar-refractivity contribution is 7.88. The quantitative estimate of drug-likeness (QED) is 0.773. The summed E-state index contributed by atoms with van der Waals surface area (Å²) in [6.07, 6.45) is 8.23. The van der Waals surface area contributed by atoms with Crippen LogP contribution in [0.5, 0.6) is 0 Å². The van der Waals surface area contributed by atoms with E-state index in [0.29, 0.717) is 19.0 Å². The number of fused-ring (bicyclic) bond motifs is 1. The van der Waals surface area contributed by atoms with Crippen molar-refractivity contribution in [1.29, 1.82) is 0 Å². The van der Waals surface area contributed by atoms with Crippen LogP contribution in [-0.4, -0.2) is 74.4 Å². The van der Waals surface area contributed by atoms with Gasteiger partial charge in [-0.1, -0.05) is 12.1 Å². The Morgan fingerprint density at radius 3 is 2.77 bits per heavy atom. The monoisotopic (exact) mass is 445 g/mol. The Morgan fingerprint density at radius 2 is 2.03 bits per heavy atom. The Bertz CT molecular complexity index is 1050. The molecule has 5 rings (SSSR count). The van der Waals surface area contributed by atoms with Gasteiger partial charge in [0, 0.05) is 55.8 Å². The summed E-state index contributed by atoms with van der Waals surface area (Å²) < 4.78 is 30.8. The van der Waals surface area contributed by atoms with Crippen molar-refractivity contribution >= 4 is 32.6 Å². The van der Waals surface area contributed by atoms with Gasteiger partial charge in [-0.2, -0.15) is 0 Å². The fourth-order valence-corrected chi connectivity index (χ4v) is 6.14. The second-order valence-corrected chi connectivity index (χ2v) is 11.3. The molecular weight excluding hydrogens is 414 g/mol. The molecule has 168 valence electrons. The molecule has 1 spiro atoms. The van der Waals surface area contributed by atoms with E-state index in [1.54, 1.807) is 4.31 Å². The van der Waals surface area contributed by atoms with Crippen molar-refractivity contribution in [3.63, 3.8) is 0 Å². The molecule has 3 aliphatic heterocycles. The first-order valence-corrected chi connectivity index (χ1v) is 13.1. The number of benzene rings is 1. The van der Waals surface area contributed by atoms with E-state index in [9.17, 15) is 8.42 Å². The molecule has 1 aromatic heterocycles. The number of aromatic nitrogens is 2. The molecule has 1 atom stereocenters. The van der Waals surface area contributed by atoms with Gasteiger partial charge in [0.1, 0.15) is 0 Å². The predicted molar refractivity (Wildman–Crippen MR) is 122 cm³/mol. The molecule has 1 unspecified atom stereocenters. The zero-order valence-corrected chi connectivity index (χ0v) is 18.9. The normalized spacial score (nSPS) is 26.0. The van der Waals surface area contributed by atoms with Gasteiger partial charge in [-0.3, -0.25) is 0 Å². The molecule has 2 aromatic rings. The van der Waals surface area contributed by atoms with Crippen LogP contribution < -0.4 is 10.2 Å². The third kappa shape index (κ3) is 4.36. The molecule has 3 aliphatic rings. The largest absolute Gasteiger partial charge is 0.381 e. The van der Waals surface area contributed by atoms with E-state index in [1.807, 2.05) is 6.20 Å². The maximum Gasteiger partial charge on any atom is 0.223 e. The maximum atomic E-state index is 11.7. The fraction of sp³-hybridized carbons (Fsp3) is 0.636. The molecule has 0 bridgehead atoms. The number of nitrogens with zero attached hydrogens (tertiary/aromatic N) is 4. The molecule has 1 aromatic carbocycles. The first-order chi connectivity index (χ1) is 14.9. The molecule has 8 nitrogen and oxygen atoms in total. The number of hydrogen-bond donors (Lipinski definition) is 1. The molecule has 1 N–H and O–H groups in total. The predicted octanol–water partition coefficient (Wildman–Crippen LogP) is 2.47. The topological polar surface area (TPSA) is 87.7 Å². The summed E-state index contributed by atoms with van der Waals surface area (Å²) in [5.74, 6) is 0.619. The van der Waals surface area contributed by atoms with Crippen LogP contribution in [-0.2, 0) is 14.8 Å². The van der Waals surface area contributed by atoms with Gasteiger partial charge in [0.15, 0.2) is 0 Å². The summed E-state index contributed by atoms with van der Waals surface area (Å²) in [5.41, 5.74) is 2.42. The van der Waals surface area contributed by atoms with Gasteiger partial charge < -0.3 is 15.0 Å². The number of sulfonamides is 1. The van der Waals surface area contributed by atoms with Gasteiger partial charge in [-0.15, -0.1) is 0 Å². The zero-order chi connectivity index (χ0) is 21.5. The van der Waals surface area contributed by atoms with Gasteiger partial charge in [0.2, 0.25) is 16.0 Å². The molecule has 3 fully saturated rings. The lowest BCUT2D eigenvalue weighted by molar-refractivity contribution is 0.139. The van der Waals surface area contributed by atoms with E-state index in [-0.39, 0.29) is 11.5 Å². The Labute approximate surface area is 184 Å². The standard InChI is InChI=1S/C22H31N5O3S/c1-31(28,29)27-11-6-18(7-12-27)24-21-23-14-17-4-2-5-19(20(17)25-21)26-10-3-8-22(15-26)9-13-30-16-22/h2,4-5,14,18H,3,6-13,15-16H2,1H3,(H,23,24,25). The molecule has 0 amide bonds. The molecular formula is C22H31N5O3S. The van der Waals surface area contributed by atoms with Crippen molar-refractivity contribution in [2.75, 3.05) is 55.9 Å². The highest BCUT2D eigenvalue weighted by Crippen LogP contribution is 2.40. The van der Waals surface area contributed by atoms with Crippen LogP contribution in [0.4, 0.5) is 11.6 Å². The minimum atomic E-state index is -3.12. The van der Waals surface area contributed by atoms with Crippen LogP contribution in [0.25, 0.3) is 10.9 Å². The number of anilines is 2. The van der Waals surface area contributed by atoms with E-state index < -0.39 is 10.0 Å². The summed E-state index contributed by atoms with van der Waals surface area (Å²) in [7, 11) is -3.12. The number of rotatable bonds is 4. The molecule has 3 saturated heterocycles. The summed E-state index contributed by atoms with van der Waals surface area (Å²) >= 11 is 0. The number of hydrogen-bond acceptors (Lipinski definition) is 7. The van der Waals surface area contributed by atoms with Crippen molar-refractivity contribution in [3.05, 3.63) is 24.4 Å². The van der Waals surface area contributed by atoms with Gasteiger partial charge in [0.05, 0.1) is 24.1 Å². The highest BCUT2D eigenvalue weighted by atomic mass is 32.2. The van der Waals surface area contributed by atoms with E-state index >= 15 is 0 Å². The van der Waals surface area contributed by atoms with Crippen LogP contribution in [0.1, 0.15) is 32.1 Å². The lowest BCUT2D eigenvalue weighted by atomic mass is 9.79. The van der Waals surface area contributed by atoms with Crippen LogP contribution in [0.2, 0.25) is 0 Å². The lowest BCUT2D eigenvalue weighted by Crippen LogP contribution is -2.44. The van der Waals surface area contributed by atoms with Gasteiger partial charge in [-0.25, -0.2) is 22.7 Å². The molecule has 0 aliphatic carbocycles. The number of para-hydroxylation sites is 1. The van der Waals surface area contributed by atoms with Crippen LogP contribution >= 0.6 is 0 Å². The Balaban J connectivity index is 1.35. The van der Waals surface area contributed by atoms with E-state index in [1.165, 1.54) is 24.8 Å². The third-order valence-corrected chi connectivity index (χ3v) is 8.34. The van der Waals surface area contributed by atoms with Gasteiger partial charge >= 0.3 is 0 Å². The fourth-order valence-electron chi connectivity index (χ4n) is 5.26. The zero-order valence-electron chi connectivity index (χ0n) is 18.1. The van der Waals surface area contributed by atoms with E-state index in [0.717, 1.165) is 56.5 Å². The summed E-state index contributed by atoms with van der Waals surface area (Å²) in [6.45, 7) is 4.86. The molecule has 0 radical (unpaired) electrons. The third-order valence-electron chi connectivity index (χ3n) is 7.03. The van der Waals surface area contributed by atoms with E-state index in [4.69, 9.17) is 9.72 Å². The van der Waals surface area contributed by atoms with Gasteiger partial charge in [0.25, 0.3) is 0 Å². The molecule has 31 heavy (non-hydrogen) atoms. The summed E-state index contributed by atoms with van der Waals surface area (Å²) in [6, 6.07) is 6.49. The minimum absolute atomic E-state index is 0.177. The lowest BCUT2D eigenvalue weighted by Gasteiger charge is -2.41. The highest BCUT2D eigenvalue weighted by Gasteiger charge is 2.39. The minimum Gasteiger partial charge on any atom is -0.381 e. The van der Waals surface area contributed by atoms with Crippen molar-refractivity contribution in [2.45, 2.75) is 38.1 Å². The first kappa shape index (κ1) is 20.9. The van der Waals surface area contributed by atoms with Crippen molar-refractivity contribution in [2.24, 2.45) is 5.41 Å². The van der Waals surface area contributed by atoms with Crippen LogP contribution in [0.15, 0.2) is 24.4 Å². The number of nitrogens with one attached hydrogen (secondary N) is 1. The molecule has 4 heterocycles. The van der Waals surface area contributed by atoms with E-state index in [2.05, 4.69) is 33.4 Å². The SMILES string of the molecule is CS(=O)(=O)N1CCC(Nc2ncc3cccc(N4CCCC5(CCOC5)C4)c3n2)CC1. The average Bonchev–Trinajstić information content (AvgIpc) is 3.20. The van der Waals surface area contributed by atoms with Crippen molar-refractivity contribution in [3.8, 4) is 0 Å². The number of ether oxygens (including phenoxy) is 1. The molecule has 9 heteroatoms. The molecule has 0 saturated carbocycles. The Kier molecular flexibility index (Phi) is 5.52. The van der Waals surface area contributed by atoms with Gasteiger partial charge in [-0.05, 0) is 38.2 Å². The Morgan fingerprint density at radius 1 is 1.19 bits per heavy atom. The second kappa shape index (κ2) is 8.18. The first-order valence-electron chi connectivity index (χ1n) is 11.2. The summed E-state index contributed by atoms with van der Waals surface area (Å²) in [4.78, 5) is 11.9. The average molecular weight is 446 g/mol. The summed E-state index contributed by atoms with van der Waals surface area (Å²) in [5, 5.41) is 4.48. The maximum absolute atomic E-state index is 11.7. The van der Waals surface area contributed by atoms with Crippen LogP contribution in [0.3, 0.4) is 0 Å². The Hall–Kier alpha value is -1.97. The van der Waals surface area contributed by atoms with Crippen molar-refractivity contribution < 1.29 is 13.2 Å². The van der Waals surface area contributed by atoms with Crippen molar-refractivity contribution in [1.82, 2.24) is 14.3 Å². The second-order valence-electron chi connectivity index (χ2n) is 9.32. The van der Waals surface area contributed by atoms with Crippen LogP contribution in [0, 0.1) is 5.41 Å². The number of piperidine rings is 2.